The Bertz CT molecular complexity index is 1390. The number of likely N-dealkylation sites (tertiary alicyclic amines) is 1. The molecule has 1 amide bonds. The Balaban J connectivity index is 1.27. The second-order valence-electron chi connectivity index (χ2n) is 10.1. The summed E-state index contributed by atoms with van der Waals surface area (Å²) in [5.41, 5.74) is 4.71. The number of amides is 1. The zero-order chi connectivity index (χ0) is 25.2. The summed E-state index contributed by atoms with van der Waals surface area (Å²) in [5, 5.41) is 8.04. The van der Waals surface area contributed by atoms with Crippen LogP contribution in [0.25, 0.3) is 16.6 Å². The molecule has 1 saturated carbocycles. The lowest BCUT2D eigenvalue weighted by Gasteiger charge is -2.61. The van der Waals surface area contributed by atoms with Gasteiger partial charge in [-0.3, -0.25) is 9.79 Å². The topological polar surface area (TPSA) is 84.1 Å². The van der Waals surface area contributed by atoms with Crippen molar-refractivity contribution in [3.63, 3.8) is 0 Å². The molecule has 3 aliphatic rings. The fourth-order valence-corrected chi connectivity index (χ4v) is 6.10. The molecule has 1 aliphatic carbocycles. The molecule has 2 fully saturated rings. The van der Waals surface area contributed by atoms with Gasteiger partial charge in [0.2, 0.25) is 24.2 Å². The third kappa shape index (κ3) is 3.53. The second kappa shape index (κ2) is 8.25. The number of alkyl halides is 2. The fourth-order valence-electron chi connectivity index (χ4n) is 6.10. The Morgan fingerprint density at radius 2 is 2.11 bits per heavy atom. The van der Waals surface area contributed by atoms with Gasteiger partial charge in [-0.15, -0.1) is 5.10 Å². The molecule has 3 aromatic rings. The predicted octanol–water partition coefficient (Wildman–Crippen LogP) is 4.82. The highest BCUT2D eigenvalue weighted by atomic mass is 19.3. The molecule has 1 spiro atoms. The lowest BCUT2D eigenvalue weighted by Crippen LogP contribution is -2.70. The fraction of sp³-hybridized carbons (Fsp3) is 0.462. The van der Waals surface area contributed by atoms with E-state index in [9.17, 15) is 13.6 Å². The van der Waals surface area contributed by atoms with Gasteiger partial charge < -0.3 is 15.0 Å². The summed E-state index contributed by atoms with van der Waals surface area (Å²) >= 11 is 0. The van der Waals surface area contributed by atoms with Crippen LogP contribution in [0, 0.1) is 0 Å². The normalized spacial score (nSPS) is 24.5. The van der Waals surface area contributed by atoms with Crippen LogP contribution in [0.15, 0.2) is 35.5 Å². The van der Waals surface area contributed by atoms with E-state index in [-0.39, 0.29) is 29.8 Å². The Morgan fingerprint density at radius 1 is 1.31 bits per heavy atom. The number of aromatic nitrogens is 3. The van der Waals surface area contributed by atoms with Crippen LogP contribution in [0.3, 0.4) is 0 Å². The van der Waals surface area contributed by atoms with Crippen LogP contribution in [0.5, 0.6) is 5.88 Å². The van der Waals surface area contributed by atoms with Crippen molar-refractivity contribution in [3.05, 3.63) is 36.0 Å². The maximum Gasteiger partial charge on any atom is 0.244 e. The molecule has 6 rings (SSSR count). The van der Waals surface area contributed by atoms with Crippen LogP contribution in [0.2, 0.25) is 0 Å². The number of methoxy groups -OCH3 is 1. The van der Waals surface area contributed by atoms with Gasteiger partial charge in [0.25, 0.3) is 0 Å². The standard InChI is InChI=1S/C26H28F2N6O2/c1-14-19(11-22(27)28)20-10-16(4-5-21(20)29-14)18-6-8-34-23(18)24(36-3)31-25(32-34)30-17-12-26(13-17)7-9-33(26)15(2)35/h4-6,8,10,17,19,22H,7,9,11-13H2,1-3H3,(H,30,32). The summed E-state index contributed by atoms with van der Waals surface area (Å²) in [6.07, 6.45) is 2.00. The molecule has 0 radical (unpaired) electrons. The van der Waals surface area contributed by atoms with Crippen LogP contribution in [0.4, 0.5) is 20.4 Å². The molecular weight excluding hydrogens is 466 g/mol. The Hall–Kier alpha value is -3.56. The maximum absolute atomic E-state index is 13.2. The number of carbonyl (C=O) groups is 1. The third-order valence-electron chi connectivity index (χ3n) is 7.94. The van der Waals surface area contributed by atoms with Gasteiger partial charge in [0.1, 0.15) is 5.52 Å². The number of anilines is 1. The average Bonchev–Trinajstić information content (AvgIpc) is 3.34. The van der Waals surface area contributed by atoms with Gasteiger partial charge in [-0.05, 0) is 55.5 Å². The van der Waals surface area contributed by atoms with E-state index in [4.69, 9.17) is 4.74 Å². The number of benzene rings is 1. The molecule has 1 aromatic carbocycles. The summed E-state index contributed by atoms with van der Waals surface area (Å²) < 4.78 is 33.8. The molecule has 10 heteroatoms. The smallest absolute Gasteiger partial charge is 0.244 e. The SMILES string of the molecule is COc1nc(NC2CC3(CCN3C(C)=O)C2)nn2ccc(-c3ccc4c(c3)C(CC(F)F)C(C)=N4)c12. The molecular formula is C26H28F2N6O2. The van der Waals surface area contributed by atoms with E-state index in [2.05, 4.69) is 20.4 Å². The van der Waals surface area contributed by atoms with E-state index >= 15 is 0 Å². The van der Waals surface area contributed by atoms with Crippen molar-refractivity contribution in [3.8, 4) is 17.0 Å². The number of aliphatic imine (C=N–C) groups is 1. The first-order valence-electron chi connectivity index (χ1n) is 12.2. The van der Waals surface area contributed by atoms with Crippen LogP contribution in [-0.4, -0.2) is 62.8 Å². The number of hydrogen-bond acceptors (Lipinski definition) is 6. The van der Waals surface area contributed by atoms with E-state index in [1.165, 1.54) is 0 Å². The number of nitrogens with one attached hydrogen (secondary N) is 1. The lowest BCUT2D eigenvalue weighted by atomic mass is 9.64. The predicted molar refractivity (Wildman–Crippen MR) is 132 cm³/mol. The number of nitrogens with zero attached hydrogens (tertiary/aromatic N) is 5. The molecule has 8 nitrogen and oxygen atoms in total. The number of halogens is 2. The molecule has 0 bridgehead atoms. The number of carbonyl (C=O) groups excluding carboxylic acids is 1. The number of ether oxygens (including phenoxy) is 1. The monoisotopic (exact) mass is 494 g/mol. The highest BCUT2D eigenvalue weighted by molar-refractivity contribution is 5.97. The van der Waals surface area contributed by atoms with Crippen LogP contribution in [-0.2, 0) is 4.79 Å². The van der Waals surface area contributed by atoms with Crippen LogP contribution < -0.4 is 10.1 Å². The molecule has 4 heterocycles. The minimum Gasteiger partial charge on any atom is -0.479 e. The van der Waals surface area contributed by atoms with Gasteiger partial charge >= 0.3 is 0 Å². The second-order valence-corrected chi connectivity index (χ2v) is 10.1. The van der Waals surface area contributed by atoms with Crippen molar-refractivity contribution in [2.45, 2.75) is 63.5 Å². The maximum atomic E-state index is 13.2. The minimum absolute atomic E-state index is 0.00385. The van der Waals surface area contributed by atoms with E-state index in [1.807, 2.05) is 35.4 Å². The summed E-state index contributed by atoms with van der Waals surface area (Å²) in [7, 11) is 1.57. The van der Waals surface area contributed by atoms with E-state index in [1.54, 1.807) is 25.5 Å². The lowest BCUT2D eigenvalue weighted by molar-refractivity contribution is -0.154. The van der Waals surface area contributed by atoms with Crippen molar-refractivity contribution in [1.29, 1.82) is 0 Å². The average molecular weight is 495 g/mol. The highest BCUT2D eigenvalue weighted by Gasteiger charge is 2.55. The molecule has 1 N–H and O–H groups in total. The van der Waals surface area contributed by atoms with Gasteiger partial charge in [0, 0.05) is 54.9 Å². The Kier molecular flexibility index (Phi) is 5.24. The van der Waals surface area contributed by atoms with Gasteiger partial charge in [0.15, 0.2) is 0 Å². The zero-order valence-electron chi connectivity index (χ0n) is 20.5. The van der Waals surface area contributed by atoms with E-state index in [0.29, 0.717) is 23.1 Å². The van der Waals surface area contributed by atoms with Crippen molar-refractivity contribution < 1.29 is 18.3 Å². The molecule has 2 aliphatic heterocycles. The van der Waals surface area contributed by atoms with Crippen LogP contribution >= 0.6 is 0 Å². The number of hydrogen-bond donors (Lipinski definition) is 1. The first-order valence-corrected chi connectivity index (χ1v) is 12.2. The van der Waals surface area contributed by atoms with E-state index in [0.717, 1.165) is 48.2 Å². The van der Waals surface area contributed by atoms with Gasteiger partial charge in [-0.2, -0.15) is 4.98 Å². The minimum atomic E-state index is -2.40. The molecule has 36 heavy (non-hydrogen) atoms. The Morgan fingerprint density at radius 3 is 2.78 bits per heavy atom. The first kappa shape index (κ1) is 22.9. The summed E-state index contributed by atoms with van der Waals surface area (Å²) in [4.78, 5) is 22.9. The molecule has 2 aromatic heterocycles. The summed E-state index contributed by atoms with van der Waals surface area (Å²) in [5.74, 6) is 0.633. The zero-order valence-corrected chi connectivity index (χ0v) is 20.5. The van der Waals surface area contributed by atoms with E-state index < -0.39 is 6.43 Å². The summed E-state index contributed by atoms with van der Waals surface area (Å²) in [6, 6.07) is 7.88. The van der Waals surface area contributed by atoms with Gasteiger partial charge in [-0.1, -0.05) is 6.07 Å². The molecule has 1 unspecified atom stereocenters. The Labute approximate surface area is 207 Å². The molecule has 1 saturated heterocycles. The number of rotatable bonds is 6. The van der Waals surface area contributed by atoms with Crippen molar-refractivity contribution >= 4 is 28.8 Å². The van der Waals surface area contributed by atoms with Crippen molar-refractivity contribution in [2.75, 3.05) is 19.0 Å². The van der Waals surface area contributed by atoms with Gasteiger partial charge in [-0.25, -0.2) is 13.3 Å². The third-order valence-corrected chi connectivity index (χ3v) is 7.94. The molecule has 188 valence electrons. The first-order chi connectivity index (χ1) is 17.3. The quantitative estimate of drug-likeness (QED) is 0.532. The van der Waals surface area contributed by atoms with Gasteiger partial charge in [0.05, 0.1) is 12.8 Å². The van der Waals surface area contributed by atoms with Crippen molar-refractivity contribution in [1.82, 2.24) is 19.5 Å². The molecule has 1 atom stereocenters. The number of fused-ring (bicyclic) bond motifs is 2. The highest BCUT2D eigenvalue weighted by Crippen LogP contribution is 2.48. The summed E-state index contributed by atoms with van der Waals surface area (Å²) in [6.45, 7) is 4.27. The largest absolute Gasteiger partial charge is 0.479 e. The van der Waals surface area contributed by atoms with Crippen molar-refractivity contribution in [2.24, 2.45) is 4.99 Å². The van der Waals surface area contributed by atoms with Crippen LogP contribution in [0.1, 0.15) is 51.0 Å².